The van der Waals surface area contributed by atoms with Gasteiger partial charge < -0.3 is 4.74 Å². The summed E-state index contributed by atoms with van der Waals surface area (Å²) in [5.41, 5.74) is 0.304. The zero-order chi connectivity index (χ0) is 28.2. The number of nitro groups is 1. The first-order valence-corrected chi connectivity index (χ1v) is 13.5. The molecule has 2 amide bonds. The number of benzene rings is 3. The fourth-order valence-electron chi connectivity index (χ4n) is 7.82. The van der Waals surface area contributed by atoms with Gasteiger partial charge in [0.1, 0.15) is 22.8 Å². The molecule has 3 saturated heterocycles. The molecule has 4 aliphatic heterocycles. The average Bonchev–Trinajstić information content (AvgIpc) is 3.70. The SMILES string of the molecule is COc1ccc([N+](=O)[O-])cc1N1C(=O)[C@@H]2[C@@H]3CCCN3[C@@]3(c4ccccc4-n4c3nc3ccccc3c4=O)[C@H]2C1=O. The second-order valence-electron chi connectivity index (χ2n) is 10.9. The summed E-state index contributed by atoms with van der Waals surface area (Å²) >= 11 is 0. The molecule has 8 rings (SSSR count). The largest absolute Gasteiger partial charge is 0.495 e. The predicted molar refractivity (Wildman–Crippen MR) is 147 cm³/mol. The van der Waals surface area contributed by atoms with Gasteiger partial charge in [-0.1, -0.05) is 30.3 Å². The fourth-order valence-corrected chi connectivity index (χ4v) is 7.82. The number of carbonyl (C=O) groups excluding carboxylic acids is 2. The van der Waals surface area contributed by atoms with Crippen LogP contribution in [0.25, 0.3) is 16.6 Å². The Balaban J connectivity index is 1.42. The van der Waals surface area contributed by atoms with Crippen LogP contribution >= 0.6 is 0 Å². The number of imide groups is 1. The van der Waals surface area contributed by atoms with E-state index in [1.165, 1.54) is 25.3 Å². The van der Waals surface area contributed by atoms with Crippen molar-refractivity contribution in [1.29, 1.82) is 0 Å². The van der Waals surface area contributed by atoms with Gasteiger partial charge in [0.2, 0.25) is 11.8 Å². The molecule has 1 spiro atoms. The van der Waals surface area contributed by atoms with Gasteiger partial charge in [0.05, 0.1) is 40.5 Å². The zero-order valence-corrected chi connectivity index (χ0v) is 21.9. The molecule has 204 valence electrons. The van der Waals surface area contributed by atoms with Crippen molar-refractivity contribution in [1.82, 2.24) is 14.5 Å². The molecule has 0 bridgehead atoms. The molecule has 11 nitrogen and oxygen atoms in total. The molecule has 0 N–H and O–H groups in total. The Morgan fingerprint density at radius 2 is 1.78 bits per heavy atom. The molecular formula is C30H23N5O6. The third-order valence-corrected chi connectivity index (χ3v) is 9.25. The van der Waals surface area contributed by atoms with Gasteiger partial charge in [0.15, 0.2) is 0 Å². The van der Waals surface area contributed by atoms with E-state index in [4.69, 9.17) is 9.72 Å². The maximum Gasteiger partial charge on any atom is 0.271 e. The van der Waals surface area contributed by atoms with Gasteiger partial charge in [-0.25, -0.2) is 9.88 Å². The molecule has 4 aromatic rings. The lowest BCUT2D eigenvalue weighted by atomic mass is 9.75. The van der Waals surface area contributed by atoms with Gasteiger partial charge in [-0.2, -0.15) is 0 Å². The fraction of sp³-hybridized carbons (Fsp3) is 0.267. The van der Waals surface area contributed by atoms with Crippen molar-refractivity contribution in [3.8, 4) is 11.4 Å². The minimum Gasteiger partial charge on any atom is -0.495 e. The second-order valence-corrected chi connectivity index (χ2v) is 10.9. The van der Waals surface area contributed by atoms with Crippen molar-refractivity contribution in [2.45, 2.75) is 24.4 Å². The number of non-ortho nitro benzene ring substituents is 1. The molecule has 41 heavy (non-hydrogen) atoms. The number of fused-ring (bicyclic) bond motifs is 11. The maximum atomic E-state index is 14.6. The van der Waals surface area contributed by atoms with E-state index in [1.807, 2.05) is 30.3 Å². The zero-order valence-electron chi connectivity index (χ0n) is 21.9. The minimum atomic E-state index is -1.17. The van der Waals surface area contributed by atoms with Crippen LogP contribution in [0.15, 0.2) is 71.5 Å². The van der Waals surface area contributed by atoms with Crippen LogP contribution in [-0.2, 0) is 15.1 Å². The standard InChI is InChI=1S/C30H23N5O6/c1-41-23-13-12-16(35(39)40)15-22(23)33-27(37)24-21-11-6-14-32(21)30(25(24)28(33)38)18-8-3-5-10-20(18)34-26(36)17-7-2-4-9-19(17)31-29(30)34/h2-5,7-10,12-13,15,21,24-25H,6,11,14H2,1H3/t21-,24+,25+,30-/m0/s1. The first-order chi connectivity index (χ1) is 19.9. The lowest BCUT2D eigenvalue weighted by Crippen LogP contribution is -2.51. The van der Waals surface area contributed by atoms with Crippen LogP contribution in [0, 0.1) is 22.0 Å². The Kier molecular flexibility index (Phi) is 4.71. The molecule has 1 aromatic heterocycles. The third-order valence-electron chi connectivity index (χ3n) is 9.25. The summed E-state index contributed by atoms with van der Waals surface area (Å²) in [7, 11) is 1.39. The highest BCUT2D eigenvalue weighted by molar-refractivity contribution is 6.24. The van der Waals surface area contributed by atoms with Crippen molar-refractivity contribution in [2.24, 2.45) is 11.8 Å². The third kappa shape index (κ3) is 2.76. The van der Waals surface area contributed by atoms with Crippen LogP contribution in [-0.4, -0.2) is 50.9 Å². The molecule has 0 saturated carbocycles. The Morgan fingerprint density at radius 3 is 2.59 bits per heavy atom. The molecule has 3 aromatic carbocycles. The predicted octanol–water partition coefficient (Wildman–Crippen LogP) is 3.14. The Labute approximate surface area is 232 Å². The average molecular weight is 550 g/mol. The number of amides is 2. The highest BCUT2D eigenvalue weighted by Crippen LogP contribution is 2.62. The molecule has 0 radical (unpaired) electrons. The van der Waals surface area contributed by atoms with Crippen molar-refractivity contribution in [3.63, 3.8) is 0 Å². The van der Waals surface area contributed by atoms with E-state index >= 15 is 0 Å². The first-order valence-electron chi connectivity index (χ1n) is 13.5. The van der Waals surface area contributed by atoms with E-state index in [9.17, 15) is 24.5 Å². The topological polar surface area (TPSA) is 128 Å². The van der Waals surface area contributed by atoms with Gasteiger partial charge in [0, 0.05) is 23.7 Å². The van der Waals surface area contributed by atoms with E-state index in [0.29, 0.717) is 35.4 Å². The molecule has 3 fully saturated rings. The summed E-state index contributed by atoms with van der Waals surface area (Å²) < 4.78 is 7.06. The van der Waals surface area contributed by atoms with E-state index in [1.54, 1.807) is 22.8 Å². The van der Waals surface area contributed by atoms with Gasteiger partial charge in [-0.3, -0.25) is 34.0 Å². The van der Waals surface area contributed by atoms with E-state index in [-0.39, 0.29) is 28.7 Å². The van der Waals surface area contributed by atoms with Gasteiger partial charge >= 0.3 is 0 Å². The first kappa shape index (κ1) is 23.9. The van der Waals surface area contributed by atoms with Crippen molar-refractivity contribution in [2.75, 3.05) is 18.6 Å². The number of anilines is 1. The highest BCUT2D eigenvalue weighted by Gasteiger charge is 2.74. The molecule has 5 heterocycles. The molecular weight excluding hydrogens is 526 g/mol. The smallest absolute Gasteiger partial charge is 0.271 e. The van der Waals surface area contributed by atoms with Crippen LogP contribution in [0.3, 0.4) is 0 Å². The number of ether oxygens (including phenoxy) is 1. The van der Waals surface area contributed by atoms with E-state index in [2.05, 4.69) is 4.90 Å². The lowest BCUT2D eigenvalue weighted by Gasteiger charge is -2.38. The molecule has 0 unspecified atom stereocenters. The van der Waals surface area contributed by atoms with Gasteiger partial charge in [-0.05, 0) is 43.7 Å². The van der Waals surface area contributed by atoms with Crippen LogP contribution in [0.1, 0.15) is 24.2 Å². The highest BCUT2D eigenvalue weighted by atomic mass is 16.6. The Hall–Kier alpha value is -4.90. The molecule has 4 aliphatic rings. The number of hydrogen-bond acceptors (Lipinski definition) is 8. The Morgan fingerprint density at radius 1 is 1.00 bits per heavy atom. The van der Waals surface area contributed by atoms with Crippen LogP contribution in [0.5, 0.6) is 5.75 Å². The second kappa shape index (κ2) is 8.07. The molecule has 0 aliphatic carbocycles. The van der Waals surface area contributed by atoms with Gasteiger partial charge in [-0.15, -0.1) is 0 Å². The molecule has 4 atom stereocenters. The number of hydrogen-bond donors (Lipinski definition) is 0. The summed E-state index contributed by atoms with van der Waals surface area (Å²) in [5, 5.41) is 12.1. The number of para-hydroxylation sites is 2. The monoisotopic (exact) mass is 549 g/mol. The van der Waals surface area contributed by atoms with Crippen molar-refractivity contribution in [3.05, 3.63) is 98.6 Å². The molecule has 11 heteroatoms. The van der Waals surface area contributed by atoms with Crippen molar-refractivity contribution < 1.29 is 19.2 Å². The number of methoxy groups -OCH3 is 1. The maximum absolute atomic E-state index is 14.6. The quantitative estimate of drug-likeness (QED) is 0.217. The van der Waals surface area contributed by atoms with Crippen molar-refractivity contribution >= 4 is 34.1 Å². The summed E-state index contributed by atoms with van der Waals surface area (Å²) in [6.45, 7) is 0.634. The minimum absolute atomic E-state index is 0.0425. The lowest BCUT2D eigenvalue weighted by molar-refractivity contribution is -0.384. The Bertz CT molecular complexity index is 1920. The number of carbonyl (C=O) groups is 2. The number of nitrogens with zero attached hydrogens (tertiary/aromatic N) is 5. The summed E-state index contributed by atoms with van der Waals surface area (Å²) in [6.07, 6.45) is 1.51. The van der Waals surface area contributed by atoms with Crippen LogP contribution in [0.4, 0.5) is 11.4 Å². The van der Waals surface area contributed by atoms with Gasteiger partial charge in [0.25, 0.3) is 11.2 Å². The van der Waals surface area contributed by atoms with E-state index < -0.39 is 34.1 Å². The summed E-state index contributed by atoms with van der Waals surface area (Å²) in [6, 6.07) is 18.2. The summed E-state index contributed by atoms with van der Waals surface area (Å²) in [4.78, 5) is 62.3. The van der Waals surface area contributed by atoms with Crippen LogP contribution in [0.2, 0.25) is 0 Å². The normalized spacial score (nSPS) is 26.0. The number of rotatable bonds is 3. The van der Waals surface area contributed by atoms with E-state index in [0.717, 1.165) is 16.9 Å². The number of aromatic nitrogens is 2. The number of nitro benzene ring substituents is 1. The summed E-state index contributed by atoms with van der Waals surface area (Å²) in [5.74, 6) is -1.92. The van der Waals surface area contributed by atoms with Crippen LogP contribution < -0.4 is 15.2 Å².